The van der Waals surface area contributed by atoms with Gasteiger partial charge in [0.2, 0.25) is 11.8 Å². The molecule has 0 aromatic heterocycles. The summed E-state index contributed by atoms with van der Waals surface area (Å²) in [6, 6.07) is 12.5. The van der Waals surface area contributed by atoms with Crippen LogP contribution in [0.1, 0.15) is 52.2 Å². The lowest BCUT2D eigenvalue weighted by molar-refractivity contribution is -0.140. The zero-order valence-corrected chi connectivity index (χ0v) is 21.7. The molecular formula is C27H37ClN2O4. The molecule has 0 fully saturated rings. The van der Waals surface area contributed by atoms with Gasteiger partial charge in [-0.1, -0.05) is 43.6 Å². The Morgan fingerprint density at radius 3 is 2.32 bits per heavy atom. The van der Waals surface area contributed by atoms with Gasteiger partial charge in [-0.05, 0) is 68.5 Å². The van der Waals surface area contributed by atoms with E-state index in [1.54, 1.807) is 17.9 Å². The topological polar surface area (TPSA) is 67.9 Å². The minimum Gasteiger partial charge on any atom is -0.490 e. The van der Waals surface area contributed by atoms with Crippen molar-refractivity contribution >= 4 is 23.4 Å². The lowest BCUT2D eigenvalue weighted by atomic mass is 10.1. The molecule has 34 heavy (non-hydrogen) atoms. The van der Waals surface area contributed by atoms with Crippen LogP contribution in [0.25, 0.3) is 0 Å². The van der Waals surface area contributed by atoms with Gasteiger partial charge in [-0.3, -0.25) is 9.59 Å². The monoisotopic (exact) mass is 488 g/mol. The minimum absolute atomic E-state index is 0.0981. The van der Waals surface area contributed by atoms with E-state index in [1.165, 1.54) is 0 Å². The molecule has 0 aliphatic heterocycles. The maximum atomic E-state index is 13.3. The highest BCUT2D eigenvalue weighted by Crippen LogP contribution is 2.29. The Labute approximate surface area is 208 Å². The molecule has 2 aromatic carbocycles. The summed E-state index contributed by atoms with van der Waals surface area (Å²) in [6.07, 6.45) is 0.791. The second-order valence-corrected chi connectivity index (χ2v) is 9.05. The van der Waals surface area contributed by atoms with Crippen molar-refractivity contribution in [1.29, 1.82) is 0 Å². The van der Waals surface area contributed by atoms with Gasteiger partial charge in [-0.2, -0.15) is 0 Å². The van der Waals surface area contributed by atoms with E-state index in [0.29, 0.717) is 55.2 Å². The molecule has 2 amide bonds. The molecule has 2 rings (SSSR count). The van der Waals surface area contributed by atoms with Crippen LogP contribution in [-0.2, 0) is 22.6 Å². The van der Waals surface area contributed by atoms with Gasteiger partial charge in [-0.15, -0.1) is 0 Å². The maximum absolute atomic E-state index is 13.3. The Bertz CT molecular complexity index is 948. The third kappa shape index (κ3) is 8.56. The Morgan fingerprint density at radius 2 is 1.68 bits per heavy atom. The number of ether oxygens (including phenoxy) is 2. The molecule has 0 unspecified atom stereocenters. The normalized spacial score (nSPS) is 11.7. The van der Waals surface area contributed by atoms with Gasteiger partial charge in [0.1, 0.15) is 6.04 Å². The van der Waals surface area contributed by atoms with Crippen LogP contribution in [0.2, 0.25) is 5.02 Å². The van der Waals surface area contributed by atoms with Crippen LogP contribution in [0.3, 0.4) is 0 Å². The fourth-order valence-electron chi connectivity index (χ4n) is 3.51. The van der Waals surface area contributed by atoms with Crippen LogP contribution in [0.4, 0.5) is 0 Å². The Hall–Kier alpha value is -2.73. The Kier molecular flexibility index (Phi) is 11.2. The third-order valence-electron chi connectivity index (χ3n) is 5.33. The molecule has 1 atom stereocenters. The number of carbonyl (C=O) groups is 2. The molecule has 1 N–H and O–H groups in total. The fraction of sp³-hybridized carbons (Fsp3) is 0.481. The summed E-state index contributed by atoms with van der Waals surface area (Å²) in [5.41, 5.74) is 1.85. The molecule has 186 valence electrons. The van der Waals surface area contributed by atoms with Gasteiger partial charge in [0.15, 0.2) is 11.5 Å². The number of rotatable bonds is 13. The molecule has 0 spiro atoms. The highest BCUT2D eigenvalue weighted by Gasteiger charge is 2.26. The Morgan fingerprint density at radius 1 is 0.971 bits per heavy atom. The molecule has 0 heterocycles. The highest BCUT2D eigenvalue weighted by atomic mass is 35.5. The summed E-state index contributed by atoms with van der Waals surface area (Å²) in [6.45, 7) is 11.6. The number of nitrogens with one attached hydrogen (secondary N) is 1. The SMILES string of the molecule is CCOc1ccc(CCC(=O)N(Cc2cccc(Cl)c2)[C@H](C)C(=O)NCC(C)C)cc1OCC. The summed E-state index contributed by atoms with van der Waals surface area (Å²) < 4.78 is 11.3. The lowest BCUT2D eigenvalue weighted by Gasteiger charge is -2.29. The summed E-state index contributed by atoms with van der Waals surface area (Å²) >= 11 is 6.15. The molecule has 0 saturated heterocycles. The number of hydrogen-bond donors (Lipinski definition) is 1. The first kappa shape index (κ1) is 27.5. The van der Waals surface area contributed by atoms with E-state index >= 15 is 0 Å². The third-order valence-corrected chi connectivity index (χ3v) is 5.56. The average molecular weight is 489 g/mol. The molecule has 2 aromatic rings. The maximum Gasteiger partial charge on any atom is 0.242 e. The van der Waals surface area contributed by atoms with E-state index in [1.807, 2.05) is 64.1 Å². The standard InChI is InChI=1S/C27H37ClN2O4/c1-6-33-24-13-11-21(16-25(24)34-7-2)12-14-26(31)30(18-22-9-8-10-23(28)15-22)20(5)27(32)29-17-19(3)4/h8-11,13,15-16,19-20H,6-7,12,14,17-18H2,1-5H3,(H,29,32)/t20-/m1/s1. The molecule has 6 nitrogen and oxygen atoms in total. The number of aryl methyl sites for hydroxylation is 1. The quantitative estimate of drug-likeness (QED) is 0.417. The van der Waals surface area contributed by atoms with E-state index < -0.39 is 6.04 Å². The fourth-order valence-corrected chi connectivity index (χ4v) is 3.73. The number of benzene rings is 2. The predicted octanol–water partition coefficient (Wildman–Crippen LogP) is 5.26. The van der Waals surface area contributed by atoms with Crippen molar-refractivity contribution in [3.8, 4) is 11.5 Å². The van der Waals surface area contributed by atoms with Crippen LogP contribution in [0.15, 0.2) is 42.5 Å². The molecule has 0 radical (unpaired) electrons. The number of hydrogen-bond acceptors (Lipinski definition) is 4. The van der Waals surface area contributed by atoms with Crippen molar-refractivity contribution < 1.29 is 19.1 Å². The smallest absolute Gasteiger partial charge is 0.242 e. The molecule has 7 heteroatoms. The summed E-state index contributed by atoms with van der Waals surface area (Å²) in [4.78, 5) is 27.7. The van der Waals surface area contributed by atoms with Crippen molar-refractivity contribution in [1.82, 2.24) is 10.2 Å². The lowest BCUT2D eigenvalue weighted by Crippen LogP contribution is -2.48. The van der Waals surface area contributed by atoms with Crippen molar-refractivity contribution in [3.05, 3.63) is 58.6 Å². The predicted molar refractivity (Wildman–Crippen MR) is 136 cm³/mol. The zero-order chi connectivity index (χ0) is 25.1. The van der Waals surface area contributed by atoms with Crippen molar-refractivity contribution in [2.24, 2.45) is 5.92 Å². The van der Waals surface area contributed by atoms with Crippen molar-refractivity contribution in [2.75, 3.05) is 19.8 Å². The van der Waals surface area contributed by atoms with Crippen LogP contribution in [0, 0.1) is 5.92 Å². The summed E-state index contributed by atoms with van der Waals surface area (Å²) in [5.74, 6) is 1.43. The van der Waals surface area contributed by atoms with Crippen LogP contribution in [0.5, 0.6) is 11.5 Å². The van der Waals surface area contributed by atoms with Gasteiger partial charge >= 0.3 is 0 Å². The van der Waals surface area contributed by atoms with Gasteiger partial charge in [-0.25, -0.2) is 0 Å². The van der Waals surface area contributed by atoms with E-state index in [2.05, 4.69) is 5.32 Å². The van der Waals surface area contributed by atoms with Crippen molar-refractivity contribution in [3.63, 3.8) is 0 Å². The first-order valence-electron chi connectivity index (χ1n) is 11.9. The molecular weight excluding hydrogens is 452 g/mol. The molecule has 0 saturated carbocycles. The van der Waals surface area contributed by atoms with Crippen molar-refractivity contribution in [2.45, 2.75) is 60.0 Å². The van der Waals surface area contributed by atoms with Crippen LogP contribution < -0.4 is 14.8 Å². The van der Waals surface area contributed by atoms with E-state index in [-0.39, 0.29) is 18.2 Å². The highest BCUT2D eigenvalue weighted by molar-refractivity contribution is 6.30. The zero-order valence-electron chi connectivity index (χ0n) is 20.9. The summed E-state index contributed by atoms with van der Waals surface area (Å²) in [7, 11) is 0. The van der Waals surface area contributed by atoms with E-state index in [0.717, 1.165) is 11.1 Å². The largest absolute Gasteiger partial charge is 0.490 e. The van der Waals surface area contributed by atoms with Gasteiger partial charge in [0.05, 0.1) is 13.2 Å². The van der Waals surface area contributed by atoms with Gasteiger partial charge in [0, 0.05) is 24.5 Å². The average Bonchev–Trinajstić information content (AvgIpc) is 2.80. The van der Waals surface area contributed by atoms with E-state index in [9.17, 15) is 9.59 Å². The second-order valence-electron chi connectivity index (χ2n) is 8.61. The minimum atomic E-state index is -0.607. The van der Waals surface area contributed by atoms with Crippen LogP contribution in [-0.4, -0.2) is 42.5 Å². The first-order chi connectivity index (χ1) is 16.2. The molecule has 0 bridgehead atoms. The number of amides is 2. The number of halogens is 1. The van der Waals surface area contributed by atoms with Crippen LogP contribution >= 0.6 is 11.6 Å². The van der Waals surface area contributed by atoms with Gasteiger partial charge in [0.25, 0.3) is 0 Å². The summed E-state index contributed by atoms with van der Waals surface area (Å²) in [5, 5.41) is 3.54. The molecule has 0 aliphatic rings. The molecule has 0 aliphatic carbocycles. The second kappa shape index (κ2) is 13.9. The van der Waals surface area contributed by atoms with Gasteiger partial charge < -0.3 is 19.7 Å². The number of nitrogens with zero attached hydrogens (tertiary/aromatic N) is 1. The van der Waals surface area contributed by atoms with E-state index in [4.69, 9.17) is 21.1 Å². The Balaban J connectivity index is 2.17. The number of carbonyl (C=O) groups excluding carboxylic acids is 2. The first-order valence-corrected chi connectivity index (χ1v) is 12.3.